The van der Waals surface area contributed by atoms with Gasteiger partial charge in [0.25, 0.3) is 0 Å². The molecule has 0 atom stereocenters. The van der Waals surface area contributed by atoms with E-state index in [9.17, 15) is 4.79 Å². The Morgan fingerprint density at radius 1 is 1.20 bits per heavy atom. The van der Waals surface area contributed by atoms with Gasteiger partial charge in [0.05, 0.1) is 17.9 Å². The van der Waals surface area contributed by atoms with Gasteiger partial charge >= 0.3 is 5.97 Å². The number of nitrogens with zero attached hydrogens (tertiary/aromatic N) is 3. The summed E-state index contributed by atoms with van der Waals surface area (Å²) >= 11 is 10.5. The zero-order chi connectivity index (χ0) is 21.1. The fourth-order valence-corrected chi connectivity index (χ4v) is 3.84. The summed E-state index contributed by atoms with van der Waals surface area (Å²) in [5.74, 6) is -0.225. The monoisotopic (exact) mass is 440 g/mol. The van der Waals surface area contributed by atoms with Crippen LogP contribution in [0.1, 0.15) is 12.0 Å². The molecule has 2 heterocycles. The van der Waals surface area contributed by atoms with Crippen LogP contribution in [0.3, 0.4) is 0 Å². The summed E-state index contributed by atoms with van der Waals surface area (Å²) in [6.45, 7) is 1.86. The molecule has 0 amide bonds. The summed E-state index contributed by atoms with van der Waals surface area (Å²) in [5.41, 5.74) is 3.41. The van der Waals surface area contributed by atoms with Gasteiger partial charge in [-0.25, -0.2) is 4.99 Å². The highest BCUT2D eigenvalue weighted by atomic mass is 32.1. The molecular formula is C20H18N5O3S2. The van der Waals surface area contributed by atoms with Crippen LogP contribution in [0.5, 0.6) is 5.75 Å². The highest BCUT2D eigenvalue weighted by Crippen LogP contribution is 2.31. The summed E-state index contributed by atoms with van der Waals surface area (Å²) in [6.07, 6.45) is 3.00. The van der Waals surface area contributed by atoms with Crippen molar-refractivity contribution in [3.63, 3.8) is 0 Å². The lowest BCUT2D eigenvalue weighted by Crippen LogP contribution is -2.30. The molecule has 0 bridgehead atoms. The first-order valence-corrected chi connectivity index (χ1v) is 9.97. The molecule has 10 heteroatoms. The van der Waals surface area contributed by atoms with Crippen LogP contribution in [0.25, 0.3) is 5.69 Å². The molecule has 3 aromatic rings. The van der Waals surface area contributed by atoms with Gasteiger partial charge in [0.2, 0.25) is 0 Å². The maximum atomic E-state index is 11.0. The van der Waals surface area contributed by atoms with Crippen molar-refractivity contribution >= 4 is 48.2 Å². The normalized spacial score (nSPS) is 13.4. The van der Waals surface area contributed by atoms with Crippen molar-refractivity contribution in [2.45, 2.75) is 12.8 Å². The molecule has 0 saturated heterocycles. The lowest BCUT2D eigenvalue weighted by atomic mass is 10.0. The number of hydrogen-bond donors (Lipinski definition) is 3. The van der Waals surface area contributed by atoms with Crippen molar-refractivity contribution in [1.29, 1.82) is 0 Å². The van der Waals surface area contributed by atoms with Crippen molar-refractivity contribution in [2.24, 2.45) is 4.99 Å². The van der Waals surface area contributed by atoms with Crippen molar-refractivity contribution in [1.82, 2.24) is 14.8 Å². The Bertz CT molecular complexity index is 1200. The number of carbonyl (C=O) groups is 1. The molecular weight excluding hydrogens is 422 g/mol. The SMILES string of the molecule is O=C(O)CN1[CH]CCc2cc(OC=Nc3cccc(-n4c(=S)[nH][nH]c4=S)c3)ccc21. The molecule has 3 N–H and O–H groups in total. The molecule has 0 spiro atoms. The number of rotatable bonds is 6. The molecule has 1 aliphatic heterocycles. The molecule has 153 valence electrons. The molecule has 0 unspecified atom stereocenters. The summed E-state index contributed by atoms with van der Waals surface area (Å²) in [5, 5.41) is 14.7. The minimum absolute atomic E-state index is 0.0556. The third kappa shape index (κ3) is 4.34. The number of aromatic nitrogens is 3. The zero-order valence-electron chi connectivity index (χ0n) is 15.7. The van der Waals surface area contributed by atoms with E-state index in [4.69, 9.17) is 34.3 Å². The molecule has 1 aromatic heterocycles. The number of carboxylic acids is 1. The van der Waals surface area contributed by atoms with Gasteiger partial charge in [-0.3, -0.25) is 19.6 Å². The van der Waals surface area contributed by atoms with Crippen LogP contribution >= 0.6 is 24.4 Å². The number of benzene rings is 2. The van der Waals surface area contributed by atoms with E-state index in [0.29, 0.717) is 21.0 Å². The first-order valence-electron chi connectivity index (χ1n) is 9.15. The van der Waals surface area contributed by atoms with Gasteiger partial charge in [-0.1, -0.05) is 6.07 Å². The number of aryl methyl sites for hydroxylation is 1. The van der Waals surface area contributed by atoms with Crippen LogP contribution < -0.4 is 9.64 Å². The Balaban J connectivity index is 1.49. The predicted octanol–water partition coefficient (Wildman–Crippen LogP) is 4.33. The highest BCUT2D eigenvalue weighted by molar-refractivity contribution is 7.72. The number of aliphatic imine (C=N–C) groups is 1. The summed E-state index contributed by atoms with van der Waals surface area (Å²) < 4.78 is 8.32. The molecule has 30 heavy (non-hydrogen) atoms. The number of aromatic amines is 2. The second-order valence-electron chi connectivity index (χ2n) is 6.60. The quantitative estimate of drug-likeness (QED) is 0.300. The first kappa shape index (κ1) is 20.0. The van der Waals surface area contributed by atoms with Crippen LogP contribution in [0.2, 0.25) is 0 Å². The number of aliphatic carboxylic acids is 1. The van der Waals surface area contributed by atoms with Crippen molar-refractivity contribution in [2.75, 3.05) is 11.4 Å². The molecule has 2 aromatic carbocycles. The minimum atomic E-state index is -0.865. The number of nitrogens with one attached hydrogen (secondary N) is 2. The highest BCUT2D eigenvalue weighted by Gasteiger charge is 2.19. The molecule has 0 aliphatic carbocycles. The van der Waals surface area contributed by atoms with Crippen LogP contribution in [-0.4, -0.2) is 38.8 Å². The summed E-state index contributed by atoms with van der Waals surface area (Å²) in [7, 11) is 0. The van der Waals surface area contributed by atoms with E-state index in [1.807, 2.05) is 42.9 Å². The van der Waals surface area contributed by atoms with E-state index in [0.717, 1.165) is 29.8 Å². The van der Waals surface area contributed by atoms with Gasteiger partial charge in [0.15, 0.2) is 15.9 Å². The predicted molar refractivity (Wildman–Crippen MR) is 119 cm³/mol. The Hall–Kier alpha value is -3.24. The summed E-state index contributed by atoms with van der Waals surface area (Å²) in [6, 6.07) is 13.0. The fourth-order valence-electron chi connectivity index (χ4n) is 3.29. The Labute approximate surface area is 182 Å². The van der Waals surface area contributed by atoms with Crippen LogP contribution in [0.4, 0.5) is 11.4 Å². The minimum Gasteiger partial charge on any atom is -0.480 e. The van der Waals surface area contributed by atoms with Gasteiger partial charge in [0, 0.05) is 5.69 Å². The van der Waals surface area contributed by atoms with Gasteiger partial charge in [0.1, 0.15) is 12.3 Å². The van der Waals surface area contributed by atoms with E-state index in [2.05, 4.69) is 15.2 Å². The first-order chi connectivity index (χ1) is 14.5. The number of anilines is 1. The number of fused-ring (bicyclic) bond motifs is 1. The number of H-pyrrole nitrogens is 2. The second-order valence-corrected chi connectivity index (χ2v) is 7.37. The lowest BCUT2D eigenvalue weighted by molar-refractivity contribution is -0.135. The molecule has 0 fully saturated rings. The largest absolute Gasteiger partial charge is 0.480 e. The topological polar surface area (TPSA) is 98.6 Å². The van der Waals surface area contributed by atoms with Gasteiger partial charge in [-0.2, -0.15) is 0 Å². The number of hydrogen-bond acceptors (Lipinski definition) is 6. The Kier molecular flexibility index (Phi) is 5.77. The van der Waals surface area contributed by atoms with Gasteiger partial charge in [-0.15, -0.1) is 0 Å². The van der Waals surface area contributed by atoms with Crippen LogP contribution in [0, 0.1) is 16.1 Å². The molecule has 8 nitrogen and oxygen atoms in total. The lowest BCUT2D eigenvalue weighted by Gasteiger charge is -2.29. The molecule has 1 aliphatic rings. The third-order valence-corrected chi connectivity index (χ3v) is 5.16. The van der Waals surface area contributed by atoms with E-state index in [1.54, 1.807) is 15.5 Å². The van der Waals surface area contributed by atoms with E-state index in [-0.39, 0.29) is 6.54 Å². The summed E-state index contributed by atoms with van der Waals surface area (Å²) in [4.78, 5) is 17.1. The standard InChI is InChI=1S/C20H18N5O3S2/c26-18(27)11-24-8-2-3-13-9-16(6-7-17(13)24)28-12-21-14-4-1-5-15(10-14)25-19(29)22-23-20(25)30/h1,4-10,12H,2-3,11H2,(H,22,29)(H,23,30)(H,26,27). The maximum absolute atomic E-state index is 11.0. The molecule has 1 radical (unpaired) electrons. The van der Waals surface area contributed by atoms with Crippen molar-refractivity contribution in [3.05, 3.63) is 64.1 Å². The van der Waals surface area contributed by atoms with Gasteiger partial charge < -0.3 is 14.7 Å². The van der Waals surface area contributed by atoms with Gasteiger partial charge in [-0.05, 0) is 79.2 Å². The molecule has 0 saturated carbocycles. The van der Waals surface area contributed by atoms with E-state index in [1.165, 1.54) is 6.40 Å². The van der Waals surface area contributed by atoms with Crippen LogP contribution in [-0.2, 0) is 11.2 Å². The zero-order valence-corrected chi connectivity index (χ0v) is 17.4. The van der Waals surface area contributed by atoms with E-state index >= 15 is 0 Å². The number of carboxylic acid groups (broad SMARTS) is 1. The Morgan fingerprint density at radius 3 is 2.77 bits per heavy atom. The second kappa shape index (κ2) is 8.64. The van der Waals surface area contributed by atoms with Crippen molar-refractivity contribution < 1.29 is 14.6 Å². The Morgan fingerprint density at radius 2 is 2.00 bits per heavy atom. The maximum Gasteiger partial charge on any atom is 0.323 e. The smallest absolute Gasteiger partial charge is 0.323 e. The van der Waals surface area contributed by atoms with Crippen LogP contribution in [0.15, 0.2) is 47.5 Å². The fraction of sp³-hybridized carbons (Fsp3) is 0.150. The number of ether oxygens (including phenoxy) is 1. The van der Waals surface area contributed by atoms with Crippen molar-refractivity contribution in [3.8, 4) is 11.4 Å². The average Bonchev–Trinajstić information content (AvgIpc) is 3.06. The third-order valence-electron chi connectivity index (χ3n) is 4.59. The average molecular weight is 441 g/mol. The van der Waals surface area contributed by atoms with E-state index < -0.39 is 5.97 Å². The molecule has 4 rings (SSSR count).